The van der Waals surface area contributed by atoms with Gasteiger partial charge in [0.05, 0.1) is 12.1 Å². The summed E-state index contributed by atoms with van der Waals surface area (Å²) < 4.78 is 1.88. The fraction of sp³-hybridized carbons (Fsp3) is 0.125. The molecule has 100 valence electrons. The smallest absolute Gasteiger partial charge is 0.228 e. The van der Waals surface area contributed by atoms with Gasteiger partial charge in [0.25, 0.3) is 0 Å². The van der Waals surface area contributed by atoms with E-state index in [9.17, 15) is 4.79 Å². The van der Waals surface area contributed by atoms with E-state index in [-0.39, 0.29) is 5.91 Å². The second-order valence-electron chi connectivity index (χ2n) is 4.82. The van der Waals surface area contributed by atoms with E-state index >= 15 is 0 Å². The van der Waals surface area contributed by atoms with Crippen molar-refractivity contribution in [3.05, 3.63) is 66.1 Å². The summed E-state index contributed by atoms with van der Waals surface area (Å²) in [6.45, 7) is 2.03. The summed E-state index contributed by atoms with van der Waals surface area (Å²) in [5, 5.41) is 2.90. The van der Waals surface area contributed by atoms with Crippen LogP contribution in [0.1, 0.15) is 11.1 Å². The number of aryl methyl sites for hydroxylation is 1. The molecule has 4 heteroatoms. The lowest BCUT2D eigenvalue weighted by atomic mass is 10.1. The number of amides is 1. The molecule has 3 aromatic rings. The summed E-state index contributed by atoms with van der Waals surface area (Å²) in [4.78, 5) is 16.2. The van der Waals surface area contributed by atoms with Gasteiger partial charge < -0.3 is 9.72 Å². The molecule has 0 bridgehead atoms. The Morgan fingerprint density at radius 1 is 1.20 bits per heavy atom. The second kappa shape index (κ2) is 5.17. The minimum Gasteiger partial charge on any atom is -0.324 e. The lowest BCUT2D eigenvalue weighted by molar-refractivity contribution is -0.115. The number of aromatic nitrogens is 2. The van der Waals surface area contributed by atoms with Crippen LogP contribution in [0.2, 0.25) is 0 Å². The van der Waals surface area contributed by atoms with Gasteiger partial charge in [-0.15, -0.1) is 0 Å². The summed E-state index contributed by atoms with van der Waals surface area (Å²) in [7, 11) is 0. The van der Waals surface area contributed by atoms with E-state index in [1.54, 1.807) is 6.20 Å². The maximum Gasteiger partial charge on any atom is 0.228 e. The van der Waals surface area contributed by atoms with Crippen molar-refractivity contribution in [1.82, 2.24) is 9.38 Å². The topological polar surface area (TPSA) is 46.4 Å². The first-order valence-electron chi connectivity index (χ1n) is 6.49. The van der Waals surface area contributed by atoms with Crippen molar-refractivity contribution in [3.63, 3.8) is 0 Å². The fourth-order valence-corrected chi connectivity index (χ4v) is 2.09. The Hall–Kier alpha value is -2.62. The number of hydrogen-bond donors (Lipinski definition) is 1. The summed E-state index contributed by atoms with van der Waals surface area (Å²) in [5.41, 5.74) is 3.84. The van der Waals surface area contributed by atoms with Gasteiger partial charge in [0.1, 0.15) is 5.65 Å². The van der Waals surface area contributed by atoms with Gasteiger partial charge in [0.2, 0.25) is 5.91 Å². The molecule has 1 N–H and O–H groups in total. The fourth-order valence-electron chi connectivity index (χ4n) is 2.09. The molecule has 20 heavy (non-hydrogen) atoms. The van der Waals surface area contributed by atoms with Crippen molar-refractivity contribution >= 4 is 17.2 Å². The van der Waals surface area contributed by atoms with Crippen molar-refractivity contribution in [1.29, 1.82) is 0 Å². The molecule has 0 fully saturated rings. The van der Waals surface area contributed by atoms with E-state index in [2.05, 4.69) is 10.3 Å². The molecule has 4 nitrogen and oxygen atoms in total. The minimum atomic E-state index is -0.0201. The van der Waals surface area contributed by atoms with E-state index in [0.717, 1.165) is 16.9 Å². The number of rotatable bonds is 3. The Balaban J connectivity index is 1.70. The molecule has 0 aliphatic carbocycles. The molecule has 0 radical (unpaired) electrons. The number of anilines is 1. The summed E-state index contributed by atoms with van der Waals surface area (Å²) in [5.74, 6) is -0.0201. The number of fused-ring (bicyclic) bond motifs is 1. The monoisotopic (exact) mass is 265 g/mol. The number of carbonyl (C=O) groups is 1. The number of carbonyl (C=O) groups excluding carboxylic acids is 1. The number of pyridine rings is 1. The largest absolute Gasteiger partial charge is 0.324 e. The Morgan fingerprint density at radius 2 is 2.00 bits per heavy atom. The molecule has 2 heterocycles. The van der Waals surface area contributed by atoms with Crippen LogP contribution in [0, 0.1) is 6.92 Å². The molecular formula is C16H15N3O. The second-order valence-corrected chi connectivity index (χ2v) is 4.82. The van der Waals surface area contributed by atoms with Gasteiger partial charge in [-0.05, 0) is 24.6 Å². The molecule has 0 unspecified atom stereocenters. The zero-order valence-corrected chi connectivity index (χ0v) is 11.2. The molecule has 1 aromatic carbocycles. The van der Waals surface area contributed by atoms with Crippen LogP contribution in [0.4, 0.5) is 5.69 Å². The average Bonchev–Trinajstić information content (AvgIpc) is 2.89. The minimum absolute atomic E-state index is 0.0201. The third kappa shape index (κ3) is 2.69. The van der Waals surface area contributed by atoms with Gasteiger partial charge in [-0.1, -0.05) is 29.8 Å². The van der Waals surface area contributed by atoms with Crippen molar-refractivity contribution in [2.75, 3.05) is 5.32 Å². The molecule has 1 amide bonds. The van der Waals surface area contributed by atoms with E-state index in [4.69, 9.17) is 0 Å². The van der Waals surface area contributed by atoms with Crippen LogP contribution < -0.4 is 5.32 Å². The lowest BCUT2D eigenvalue weighted by Crippen LogP contribution is -2.14. The Morgan fingerprint density at radius 3 is 2.80 bits per heavy atom. The zero-order chi connectivity index (χ0) is 13.9. The Labute approximate surface area is 117 Å². The third-order valence-corrected chi connectivity index (χ3v) is 3.16. The van der Waals surface area contributed by atoms with Gasteiger partial charge in [0.15, 0.2) is 0 Å². The van der Waals surface area contributed by atoms with Crippen molar-refractivity contribution < 1.29 is 4.79 Å². The average molecular weight is 265 g/mol. The summed E-state index contributed by atoms with van der Waals surface area (Å²) in [6, 6.07) is 11.7. The van der Waals surface area contributed by atoms with E-state index in [1.807, 2.05) is 60.1 Å². The Kier molecular flexibility index (Phi) is 3.21. The van der Waals surface area contributed by atoms with Crippen LogP contribution in [0.25, 0.3) is 5.65 Å². The highest BCUT2D eigenvalue weighted by molar-refractivity contribution is 5.92. The molecule has 3 rings (SSSR count). The Bertz CT molecular complexity index is 744. The number of benzene rings is 1. The highest BCUT2D eigenvalue weighted by Gasteiger charge is 2.05. The summed E-state index contributed by atoms with van der Waals surface area (Å²) >= 11 is 0. The van der Waals surface area contributed by atoms with Crippen molar-refractivity contribution in [2.45, 2.75) is 13.3 Å². The maximum absolute atomic E-state index is 12.0. The predicted octanol–water partition coefficient (Wildman–Crippen LogP) is 2.82. The van der Waals surface area contributed by atoms with Crippen LogP contribution in [0.5, 0.6) is 0 Å². The summed E-state index contributed by atoms with van der Waals surface area (Å²) in [6.07, 6.45) is 5.82. The maximum atomic E-state index is 12.0. The molecular weight excluding hydrogens is 250 g/mol. The number of imidazole rings is 1. The van der Waals surface area contributed by atoms with E-state index in [0.29, 0.717) is 6.42 Å². The van der Waals surface area contributed by atoms with Crippen molar-refractivity contribution in [2.24, 2.45) is 0 Å². The van der Waals surface area contributed by atoms with Crippen LogP contribution in [0.15, 0.2) is 55.0 Å². The van der Waals surface area contributed by atoms with Crippen LogP contribution in [-0.4, -0.2) is 15.3 Å². The lowest BCUT2D eigenvalue weighted by Gasteiger charge is -2.06. The van der Waals surface area contributed by atoms with Gasteiger partial charge in [-0.3, -0.25) is 4.79 Å². The first-order chi connectivity index (χ1) is 9.70. The van der Waals surface area contributed by atoms with Crippen LogP contribution >= 0.6 is 0 Å². The molecule has 2 aromatic heterocycles. The van der Waals surface area contributed by atoms with Gasteiger partial charge in [-0.2, -0.15) is 0 Å². The number of hydrogen-bond acceptors (Lipinski definition) is 2. The third-order valence-electron chi connectivity index (χ3n) is 3.16. The molecule has 0 atom stereocenters. The normalized spacial score (nSPS) is 10.7. The molecule has 0 spiro atoms. The van der Waals surface area contributed by atoms with Crippen LogP contribution in [0.3, 0.4) is 0 Å². The zero-order valence-electron chi connectivity index (χ0n) is 11.2. The number of nitrogens with one attached hydrogen (secondary N) is 1. The van der Waals surface area contributed by atoms with E-state index in [1.165, 1.54) is 5.56 Å². The molecule has 0 aliphatic rings. The van der Waals surface area contributed by atoms with Crippen molar-refractivity contribution in [3.8, 4) is 0 Å². The van der Waals surface area contributed by atoms with Gasteiger partial charge >= 0.3 is 0 Å². The van der Waals surface area contributed by atoms with Gasteiger partial charge in [0, 0.05) is 18.6 Å². The first kappa shape index (κ1) is 12.4. The SMILES string of the molecule is Cc1ccc(CC(=O)Nc2ccc3nccn3c2)cc1. The molecule has 0 saturated carbocycles. The number of nitrogens with zero attached hydrogens (tertiary/aromatic N) is 2. The molecule has 0 aliphatic heterocycles. The standard InChI is InChI=1S/C16H15N3O/c1-12-2-4-13(5-3-12)10-16(20)18-14-6-7-15-17-8-9-19(15)11-14/h2-9,11H,10H2,1H3,(H,18,20). The predicted molar refractivity (Wildman–Crippen MR) is 78.7 cm³/mol. The highest BCUT2D eigenvalue weighted by atomic mass is 16.1. The molecule has 0 saturated heterocycles. The van der Waals surface area contributed by atoms with E-state index < -0.39 is 0 Å². The highest BCUT2D eigenvalue weighted by Crippen LogP contribution is 2.11. The first-order valence-corrected chi connectivity index (χ1v) is 6.49. The van der Waals surface area contributed by atoms with Gasteiger partial charge in [-0.25, -0.2) is 4.98 Å². The quantitative estimate of drug-likeness (QED) is 0.791. The van der Waals surface area contributed by atoms with Crippen LogP contribution in [-0.2, 0) is 11.2 Å².